The summed E-state index contributed by atoms with van der Waals surface area (Å²) in [4.78, 5) is 44.9. The Morgan fingerprint density at radius 3 is 2.23 bits per heavy atom. The molecule has 1 saturated heterocycles. The van der Waals surface area contributed by atoms with Gasteiger partial charge in [-0.25, -0.2) is 4.79 Å². The summed E-state index contributed by atoms with van der Waals surface area (Å²) in [5.74, 6) is -0.378. The van der Waals surface area contributed by atoms with Gasteiger partial charge in [0.05, 0.1) is 12.1 Å². The fraction of sp³-hybridized carbons (Fsp3) is 0.553. The number of nitrogens with zero attached hydrogens (tertiary/aromatic N) is 3. The predicted molar refractivity (Wildman–Crippen MR) is 183 cm³/mol. The lowest BCUT2D eigenvalue weighted by Gasteiger charge is -2.41. The number of carbonyl (C=O) groups excluding carboxylic acids is 2. The number of rotatable bonds is 12. The van der Waals surface area contributed by atoms with Crippen LogP contribution in [-0.2, 0) is 22.6 Å². The Kier molecular flexibility index (Phi) is 11.4. The van der Waals surface area contributed by atoms with Crippen molar-refractivity contribution in [3.63, 3.8) is 0 Å². The number of nitrogens with one attached hydrogen (secondary N) is 1. The number of amides is 3. The molecule has 3 N–H and O–H groups in total. The maximum atomic E-state index is 14.0. The Labute approximate surface area is 279 Å². The molecule has 3 amide bonds. The largest absolute Gasteiger partial charge is 0.465 e. The topological polar surface area (TPSA) is 113 Å². The number of hydrogen-bond donors (Lipinski definition) is 3. The molecule has 9 heteroatoms. The van der Waals surface area contributed by atoms with Crippen LogP contribution in [0, 0.1) is 5.92 Å². The van der Waals surface area contributed by atoms with Crippen molar-refractivity contribution in [3.8, 4) is 0 Å². The zero-order valence-electron chi connectivity index (χ0n) is 28.2. The van der Waals surface area contributed by atoms with Crippen molar-refractivity contribution in [1.82, 2.24) is 20.0 Å². The lowest BCUT2D eigenvalue weighted by atomic mass is 9.83. The molecule has 4 unspecified atom stereocenters. The van der Waals surface area contributed by atoms with E-state index in [1.54, 1.807) is 0 Å². The number of carbonyl (C=O) groups is 3. The molecule has 0 saturated carbocycles. The first-order valence-electron chi connectivity index (χ1n) is 17.3. The van der Waals surface area contributed by atoms with Gasteiger partial charge < -0.3 is 25.3 Å². The van der Waals surface area contributed by atoms with E-state index in [1.165, 1.54) is 16.0 Å². The van der Waals surface area contributed by atoms with Crippen molar-refractivity contribution in [1.29, 1.82) is 0 Å². The summed E-state index contributed by atoms with van der Waals surface area (Å²) < 4.78 is 0. The third-order valence-corrected chi connectivity index (χ3v) is 9.81. The third-order valence-electron chi connectivity index (χ3n) is 9.81. The zero-order chi connectivity index (χ0) is 33.6. The summed E-state index contributed by atoms with van der Waals surface area (Å²) in [6.45, 7) is 7.62. The van der Waals surface area contributed by atoms with Gasteiger partial charge in [-0.15, -0.1) is 0 Å². The Hall–Kier alpha value is -3.69. The van der Waals surface area contributed by atoms with Crippen molar-refractivity contribution in [2.45, 2.75) is 102 Å². The SMILES string of the molecule is CC(C)(C)NC(=O)C1CC2=C(CCCC2)CN1CC(O)CN1C(=O)C(CCN(Cc2ccccc2)C(=O)O)CC1Cc1ccccc1. The summed E-state index contributed by atoms with van der Waals surface area (Å²) in [6.07, 6.45) is 4.95. The minimum atomic E-state index is -1.00. The van der Waals surface area contributed by atoms with Gasteiger partial charge in [-0.2, -0.15) is 0 Å². The highest BCUT2D eigenvalue weighted by molar-refractivity contribution is 5.83. The second-order valence-corrected chi connectivity index (χ2v) is 14.7. The van der Waals surface area contributed by atoms with E-state index in [0.29, 0.717) is 38.8 Å². The van der Waals surface area contributed by atoms with Gasteiger partial charge in [-0.1, -0.05) is 71.8 Å². The van der Waals surface area contributed by atoms with Crippen LogP contribution < -0.4 is 5.32 Å². The van der Waals surface area contributed by atoms with E-state index in [-0.39, 0.29) is 55.0 Å². The molecule has 2 aliphatic heterocycles. The van der Waals surface area contributed by atoms with Crippen LogP contribution in [0.1, 0.15) is 76.8 Å². The average molecular weight is 645 g/mol. The van der Waals surface area contributed by atoms with Gasteiger partial charge in [0.15, 0.2) is 0 Å². The van der Waals surface area contributed by atoms with E-state index in [2.05, 4.69) is 22.3 Å². The molecule has 0 radical (unpaired) electrons. The molecule has 4 atom stereocenters. The second kappa shape index (κ2) is 15.5. The minimum Gasteiger partial charge on any atom is -0.465 e. The van der Waals surface area contributed by atoms with Crippen LogP contribution in [0.3, 0.4) is 0 Å². The number of aliphatic hydroxyl groups is 1. The number of benzene rings is 2. The fourth-order valence-corrected chi connectivity index (χ4v) is 7.53. The zero-order valence-corrected chi connectivity index (χ0v) is 28.2. The van der Waals surface area contributed by atoms with Crippen molar-refractivity contribution in [2.75, 3.05) is 26.2 Å². The highest BCUT2D eigenvalue weighted by Crippen LogP contribution is 2.35. The molecule has 2 aromatic carbocycles. The van der Waals surface area contributed by atoms with Gasteiger partial charge >= 0.3 is 6.09 Å². The van der Waals surface area contributed by atoms with Crippen LogP contribution in [0.4, 0.5) is 4.79 Å². The van der Waals surface area contributed by atoms with Crippen LogP contribution in [0.25, 0.3) is 0 Å². The monoisotopic (exact) mass is 644 g/mol. The van der Waals surface area contributed by atoms with Crippen molar-refractivity contribution in [3.05, 3.63) is 82.9 Å². The Balaban J connectivity index is 1.28. The summed E-state index contributed by atoms with van der Waals surface area (Å²) >= 11 is 0. The lowest BCUT2D eigenvalue weighted by Crippen LogP contribution is -2.56. The number of likely N-dealkylation sites (tertiary alicyclic amines) is 1. The predicted octanol–water partition coefficient (Wildman–Crippen LogP) is 5.24. The van der Waals surface area contributed by atoms with E-state index < -0.39 is 12.2 Å². The normalized spacial score (nSPS) is 22.6. The molecule has 254 valence electrons. The number of carboxylic acid groups (broad SMARTS) is 1. The summed E-state index contributed by atoms with van der Waals surface area (Å²) in [5.41, 5.74) is 4.47. The van der Waals surface area contributed by atoms with Crippen LogP contribution in [-0.4, -0.2) is 92.7 Å². The molecule has 0 spiro atoms. The summed E-state index contributed by atoms with van der Waals surface area (Å²) in [5, 5.41) is 24.6. The first kappa shape index (κ1) is 34.6. The van der Waals surface area contributed by atoms with E-state index in [1.807, 2.05) is 74.2 Å². The molecular formula is C38H52N4O5. The molecule has 47 heavy (non-hydrogen) atoms. The van der Waals surface area contributed by atoms with Gasteiger partial charge in [0, 0.05) is 50.2 Å². The highest BCUT2D eigenvalue weighted by Gasteiger charge is 2.41. The van der Waals surface area contributed by atoms with Crippen molar-refractivity contribution in [2.24, 2.45) is 5.92 Å². The van der Waals surface area contributed by atoms with Gasteiger partial charge in [-0.05, 0) is 83.3 Å². The second-order valence-electron chi connectivity index (χ2n) is 14.7. The Morgan fingerprint density at radius 1 is 0.957 bits per heavy atom. The maximum Gasteiger partial charge on any atom is 0.407 e. The maximum absolute atomic E-state index is 14.0. The van der Waals surface area contributed by atoms with Crippen molar-refractivity contribution < 1.29 is 24.6 Å². The molecule has 0 aromatic heterocycles. The van der Waals surface area contributed by atoms with Gasteiger partial charge in [0.1, 0.15) is 0 Å². The standard InChI is InChI=1S/C38H52N4O5/c1-38(2,3)39-35(44)34-22-29-16-10-11-17-31(29)24-41(34)25-33(43)26-42-32(20-27-12-6-4-7-13-27)21-30(36(42)45)18-19-40(37(46)47)23-28-14-8-5-9-15-28/h4-9,12-15,30,32-34,43H,10-11,16-26H2,1-3H3,(H,39,44)(H,46,47). The average Bonchev–Trinajstić information content (AvgIpc) is 3.31. The van der Waals surface area contributed by atoms with Gasteiger partial charge in [0.25, 0.3) is 0 Å². The molecule has 5 rings (SSSR count). The number of hydrogen-bond acceptors (Lipinski definition) is 5. The Morgan fingerprint density at radius 2 is 1.60 bits per heavy atom. The van der Waals surface area contributed by atoms with E-state index in [0.717, 1.165) is 36.8 Å². The molecule has 9 nitrogen and oxygen atoms in total. The minimum absolute atomic E-state index is 0.0143. The van der Waals surface area contributed by atoms with Gasteiger partial charge in [0.2, 0.25) is 11.8 Å². The molecule has 2 aromatic rings. The molecule has 2 heterocycles. The molecule has 1 fully saturated rings. The quantitative estimate of drug-likeness (QED) is 0.273. The lowest BCUT2D eigenvalue weighted by molar-refractivity contribution is -0.134. The fourth-order valence-electron chi connectivity index (χ4n) is 7.53. The van der Waals surface area contributed by atoms with Crippen molar-refractivity contribution >= 4 is 17.9 Å². The molecule has 0 bridgehead atoms. The van der Waals surface area contributed by atoms with Crippen LogP contribution in [0.5, 0.6) is 0 Å². The summed E-state index contributed by atoms with van der Waals surface area (Å²) in [6, 6.07) is 19.1. The number of β-amino-alcohol motifs (C(OH)–C–C–N with tert-alkyl or cyclic N) is 1. The first-order chi connectivity index (χ1) is 22.5. The Bertz CT molecular complexity index is 1410. The molecule has 1 aliphatic carbocycles. The third kappa shape index (κ3) is 9.45. The van der Waals surface area contributed by atoms with E-state index in [9.17, 15) is 24.6 Å². The van der Waals surface area contributed by atoms with E-state index in [4.69, 9.17) is 0 Å². The molecule has 3 aliphatic rings. The van der Waals surface area contributed by atoms with Crippen LogP contribution >= 0.6 is 0 Å². The van der Waals surface area contributed by atoms with Gasteiger partial charge in [-0.3, -0.25) is 14.5 Å². The first-order valence-corrected chi connectivity index (χ1v) is 17.3. The van der Waals surface area contributed by atoms with Crippen LogP contribution in [0.15, 0.2) is 71.8 Å². The smallest absolute Gasteiger partial charge is 0.407 e. The number of aliphatic hydroxyl groups excluding tert-OH is 1. The molecular weight excluding hydrogens is 592 g/mol. The van der Waals surface area contributed by atoms with Crippen LogP contribution in [0.2, 0.25) is 0 Å². The highest BCUT2D eigenvalue weighted by atomic mass is 16.4. The summed E-state index contributed by atoms with van der Waals surface area (Å²) in [7, 11) is 0. The van der Waals surface area contributed by atoms with E-state index >= 15 is 0 Å².